The van der Waals surface area contributed by atoms with Gasteiger partial charge in [-0.1, -0.05) is 30.3 Å². The van der Waals surface area contributed by atoms with Crippen LogP contribution < -0.4 is 14.8 Å². The Morgan fingerprint density at radius 3 is 2.50 bits per heavy atom. The highest BCUT2D eigenvalue weighted by Crippen LogP contribution is 2.26. The number of methoxy groups -OCH3 is 1. The molecule has 1 N–H and O–H groups in total. The Hall–Kier alpha value is -3.66. The number of carbonyl (C=O) groups excluding carboxylic acids is 1. The number of rotatable bonds is 7. The van der Waals surface area contributed by atoms with Crippen LogP contribution in [-0.4, -0.2) is 29.6 Å². The molecule has 0 spiro atoms. The van der Waals surface area contributed by atoms with Gasteiger partial charge in [0.15, 0.2) is 5.92 Å². The molecule has 28 heavy (non-hydrogen) atoms. The Labute approximate surface area is 162 Å². The second-order valence-electron chi connectivity index (χ2n) is 5.93. The van der Waals surface area contributed by atoms with Crippen molar-refractivity contribution < 1.29 is 14.3 Å². The average Bonchev–Trinajstić information content (AvgIpc) is 2.73. The molecule has 0 saturated carbocycles. The molecule has 3 aromatic rings. The number of ether oxygens (including phenoxy) is 2. The predicted octanol–water partition coefficient (Wildman–Crippen LogP) is 2.96. The number of nitriles is 1. The van der Waals surface area contributed by atoms with E-state index in [9.17, 15) is 10.1 Å². The third kappa shape index (κ3) is 4.01. The Morgan fingerprint density at radius 1 is 1.14 bits per heavy atom. The van der Waals surface area contributed by atoms with Gasteiger partial charge in [0.1, 0.15) is 11.4 Å². The summed E-state index contributed by atoms with van der Waals surface area (Å²) in [5.41, 5.74) is 2.25. The summed E-state index contributed by atoms with van der Waals surface area (Å²) in [6.07, 6.45) is 0. The first kappa shape index (κ1) is 19.1. The molecule has 0 fully saturated rings. The molecule has 7 heteroatoms. The Balaban J connectivity index is 1.88. The van der Waals surface area contributed by atoms with Crippen LogP contribution in [-0.2, 0) is 11.3 Å². The number of carbonyl (C=O) groups is 1. The van der Waals surface area contributed by atoms with Crippen molar-refractivity contribution in [3.63, 3.8) is 0 Å². The van der Waals surface area contributed by atoms with Crippen molar-refractivity contribution in [2.45, 2.75) is 19.4 Å². The summed E-state index contributed by atoms with van der Waals surface area (Å²) in [5, 5.41) is 12.4. The summed E-state index contributed by atoms with van der Waals surface area (Å²) in [6.45, 7) is 2.39. The Morgan fingerprint density at radius 2 is 1.82 bits per heavy atom. The lowest BCUT2D eigenvalue weighted by Gasteiger charge is -2.15. The number of para-hydroxylation sites is 3. The number of hydrogen-bond acceptors (Lipinski definition) is 6. The molecule has 142 valence electrons. The van der Waals surface area contributed by atoms with Crippen molar-refractivity contribution in [2.75, 3.05) is 13.7 Å². The molecule has 0 aliphatic rings. The maximum Gasteiger partial charge on any atom is 0.244 e. The molecule has 0 saturated heterocycles. The Bertz CT molecular complexity index is 1030. The lowest BCUT2D eigenvalue weighted by molar-refractivity contribution is -0.121. The maximum absolute atomic E-state index is 12.7. The summed E-state index contributed by atoms with van der Waals surface area (Å²) in [4.78, 5) is 21.6. The second-order valence-corrected chi connectivity index (χ2v) is 5.93. The first-order chi connectivity index (χ1) is 13.7. The number of nitrogens with zero attached hydrogens (tertiary/aromatic N) is 3. The molecule has 0 unspecified atom stereocenters. The molecule has 0 aliphatic heterocycles. The van der Waals surface area contributed by atoms with E-state index in [0.717, 1.165) is 5.56 Å². The summed E-state index contributed by atoms with van der Waals surface area (Å²) < 4.78 is 10.8. The average molecular weight is 376 g/mol. The lowest BCUT2D eigenvalue weighted by Crippen LogP contribution is -2.29. The minimum Gasteiger partial charge on any atom is -0.496 e. The van der Waals surface area contributed by atoms with Gasteiger partial charge in [-0.15, -0.1) is 0 Å². The van der Waals surface area contributed by atoms with Gasteiger partial charge in [-0.25, -0.2) is 9.97 Å². The van der Waals surface area contributed by atoms with E-state index in [0.29, 0.717) is 23.4 Å². The molecule has 1 aromatic heterocycles. The minimum atomic E-state index is -1.15. The zero-order chi connectivity index (χ0) is 19.9. The van der Waals surface area contributed by atoms with E-state index < -0.39 is 11.8 Å². The van der Waals surface area contributed by atoms with E-state index in [1.54, 1.807) is 19.2 Å². The topological polar surface area (TPSA) is 97.1 Å². The fourth-order valence-electron chi connectivity index (χ4n) is 2.81. The zero-order valence-corrected chi connectivity index (χ0v) is 15.7. The second kappa shape index (κ2) is 8.82. The molecule has 0 bridgehead atoms. The van der Waals surface area contributed by atoms with E-state index >= 15 is 0 Å². The third-order valence-electron chi connectivity index (χ3n) is 4.16. The normalized spacial score (nSPS) is 11.5. The van der Waals surface area contributed by atoms with Crippen LogP contribution in [0, 0.1) is 11.3 Å². The number of benzene rings is 2. The van der Waals surface area contributed by atoms with Crippen LogP contribution in [0.3, 0.4) is 0 Å². The van der Waals surface area contributed by atoms with Crippen molar-refractivity contribution >= 4 is 16.9 Å². The van der Waals surface area contributed by atoms with Gasteiger partial charge in [-0.05, 0) is 25.1 Å². The highest BCUT2D eigenvalue weighted by atomic mass is 16.5. The minimum absolute atomic E-state index is 0.195. The van der Waals surface area contributed by atoms with Crippen molar-refractivity contribution in [1.82, 2.24) is 15.3 Å². The first-order valence-corrected chi connectivity index (χ1v) is 8.86. The maximum atomic E-state index is 12.7. The van der Waals surface area contributed by atoms with Gasteiger partial charge < -0.3 is 14.8 Å². The van der Waals surface area contributed by atoms with Gasteiger partial charge >= 0.3 is 0 Å². The number of nitrogens with one attached hydrogen (secondary N) is 1. The van der Waals surface area contributed by atoms with Crippen LogP contribution in [0.25, 0.3) is 11.0 Å². The van der Waals surface area contributed by atoms with Crippen LogP contribution in [0.5, 0.6) is 11.6 Å². The fraction of sp³-hybridized carbons (Fsp3) is 0.238. The highest BCUT2D eigenvalue weighted by molar-refractivity contribution is 5.87. The van der Waals surface area contributed by atoms with Gasteiger partial charge in [0.25, 0.3) is 0 Å². The van der Waals surface area contributed by atoms with Gasteiger partial charge in [0.2, 0.25) is 11.8 Å². The van der Waals surface area contributed by atoms with Crippen molar-refractivity contribution in [3.8, 4) is 17.7 Å². The molecule has 1 amide bonds. The van der Waals surface area contributed by atoms with Crippen LogP contribution in [0.1, 0.15) is 24.1 Å². The third-order valence-corrected chi connectivity index (χ3v) is 4.16. The van der Waals surface area contributed by atoms with Gasteiger partial charge in [0, 0.05) is 12.1 Å². The van der Waals surface area contributed by atoms with E-state index in [-0.39, 0.29) is 18.1 Å². The summed E-state index contributed by atoms with van der Waals surface area (Å²) in [6, 6.07) is 16.6. The van der Waals surface area contributed by atoms with Gasteiger partial charge in [0.05, 0.1) is 30.8 Å². The van der Waals surface area contributed by atoms with E-state index in [2.05, 4.69) is 15.3 Å². The molecule has 0 aliphatic carbocycles. The number of hydrogen-bond donors (Lipinski definition) is 1. The number of fused-ring (bicyclic) bond motifs is 1. The molecular formula is C21H20N4O3. The van der Waals surface area contributed by atoms with Crippen molar-refractivity contribution in [2.24, 2.45) is 0 Å². The van der Waals surface area contributed by atoms with E-state index in [1.807, 2.05) is 49.4 Å². The predicted molar refractivity (Wildman–Crippen MR) is 104 cm³/mol. The van der Waals surface area contributed by atoms with Crippen LogP contribution >= 0.6 is 0 Å². The SMILES string of the molecule is CCOc1nc2ccccc2nc1[C@H](C#N)C(=O)NCc1ccccc1OC. The van der Waals surface area contributed by atoms with Crippen molar-refractivity contribution in [3.05, 3.63) is 59.8 Å². The zero-order valence-electron chi connectivity index (χ0n) is 15.7. The van der Waals surface area contributed by atoms with E-state index in [1.165, 1.54) is 0 Å². The van der Waals surface area contributed by atoms with Crippen LogP contribution in [0.4, 0.5) is 0 Å². The summed E-state index contributed by atoms with van der Waals surface area (Å²) >= 11 is 0. The molecule has 0 radical (unpaired) electrons. The summed E-state index contributed by atoms with van der Waals surface area (Å²) in [7, 11) is 1.57. The largest absolute Gasteiger partial charge is 0.496 e. The molecular weight excluding hydrogens is 356 g/mol. The monoisotopic (exact) mass is 376 g/mol. The highest BCUT2D eigenvalue weighted by Gasteiger charge is 2.27. The number of amides is 1. The molecule has 2 aromatic carbocycles. The Kier molecular flexibility index (Phi) is 6.02. The summed E-state index contributed by atoms with van der Waals surface area (Å²) in [5.74, 6) is -0.760. The standard InChI is InChI=1S/C21H20N4O3/c1-3-28-21-19(24-16-9-5-6-10-17(16)25-21)15(12-22)20(26)23-13-14-8-4-7-11-18(14)27-2/h4-11,15H,3,13H2,1-2H3,(H,23,26)/t15-/m0/s1. The smallest absolute Gasteiger partial charge is 0.244 e. The van der Waals surface area contributed by atoms with Crippen LogP contribution in [0.15, 0.2) is 48.5 Å². The molecule has 3 rings (SSSR count). The van der Waals surface area contributed by atoms with Crippen LogP contribution in [0.2, 0.25) is 0 Å². The van der Waals surface area contributed by atoms with Gasteiger partial charge in [-0.2, -0.15) is 5.26 Å². The molecule has 7 nitrogen and oxygen atoms in total. The van der Waals surface area contributed by atoms with E-state index in [4.69, 9.17) is 9.47 Å². The fourth-order valence-corrected chi connectivity index (χ4v) is 2.81. The number of aromatic nitrogens is 2. The molecule has 1 heterocycles. The van der Waals surface area contributed by atoms with Crippen molar-refractivity contribution in [1.29, 1.82) is 5.26 Å². The quantitative estimate of drug-likeness (QED) is 0.681. The van der Waals surface area contributed by atoms with Gasteiger partial charge in [-0.3, -0.25) is 4.79 Å². The lowest BCUT2D eigenvalue weighted by atomic mass is 10.1. The first-order valence-electron chi connectivity index (χ1n) is 8.86. The molecule has 1 atom stereocenters.